The molecular weight excluding hydrogens is 352 g/mol. The Morgan fingerprint density at radius 2 is 1.77 bits per heavy atom. The zero-order valence-electron chi connectivity index (χ0n) is 14.6. The maximum atomic E-state index is 12.5. The molecule has 0 fully saturated rings. The molecule has 2 aromatic rings. The highest BCUT2D eigenvalue weighted by atomic mass is 32.2. The molecule has 138 valence electrons. The second kappa shape index (κ2) is 7.19. The topological polar surface area (TPSA) is 95.5 Å². The third kappa shape index (κ3) is 3.80. The second-order valence-corrected chi connectivity index (χ2v) is 8.44. The van der Waals surface area contributed by atoms with Gasteiger partial charge in [-0.3, -0.25) is 4.79 Å². The van der Waals surface area contributed by atoms with Crippen molar-refractivity contribution in [2.75, 3.05) is 0 Å². The van der Waals surface area contributed by atoms with Gasteiger partial charge >= 0.3 is 0 Å². The second-order valence-electron chi connectivity index (χ2n) is 6.72. The normalized spacial score (nSPS) is 19.4. The Labute approximate surface area is 153 Å². The van der Waals surface area contributed by atoms with Gasteiger partial charge in [-0.05, 0) is 49.2 Å². The summed E-state index contributed by atoms with van der Waals surface area (Å²) in [6, 6.07) is 12.7. The van der Waals surface area contributed by atoms with Gasteiger partial charge < -0.3 is 10.4 Å². The molecule has 0 radical (unpaired) electrons. The van der Waals surface area contributed by atoms with Crippen molar-refractivity contribution >= 4 is 15.9 Å². The summed E-state index contributed by atoms with van der Waals surface area (Å²) in [6.45, 7) is 3.48. The first-order chi connectivity index (χ1) is 12.3. The number of fused-ring (bicyclic) bond motifs is 1. The van der Waals surface area contributed by atoms with E-state index in [0.29, 0.717) is 12.0 Å². The van der Waals surface area contributed by atoms with E-state index >= 15 is 0 Å². The van der Waals surface area contributed by atoms with Crippen LogP contribution < -0.4 is 10.0 Å². The molecule has 7 heteroatoms. The number of aliphatic hydroxyl groups is 1. The lowest BCUT2D eigenvalue weighted by Crippen LogP contribution is -2.34. The first kappa shape index (κ1) is 18.6. The Balaban J connectivity index is 1.75. The molecule has 3 N–H and O–H groups in total. The van der Waals surface area contributed by atoms with Gasteiger partial charge in [-0.25, -0.2) is 13.1 Å². The van der Waals surface area contributed by atoms with Crippen LogP contribution in [0.5, 0.6) is 0 Å². The van der Waals surface area contributed by atoms with E-state index in [-0.39, 0.29) is 16.8 Å². The van der Waals surface area contributed by atoms with E-state index in [4.69, 9.17) is 0 Å². The lowest BCUT2D eigenvalue weighted by molar-refractivity contribution is 0.0858. The molecule has 0 aromatic heterocycles. The first-order valence-electron chi connectivity index (χ1n) is 8.47. The molecule has 26 heavy (non-hydrogen) atoms. The Morgan fingerprint density at radius 1 is 1.12 bits per heavy atom. The van der Waals surface area contributed by atoms with Crippen molar-refractivity contribution in [1.29, 1.82) is 0 Å². The molecule has 0 saturated heterocycles. The Kier molecular flexibility index (Phi) is 5.13. The van der Waals surface area contributed by atoms with Gasteiger partial charge in [-0.2, -0.15) is 0 Å². The third-order valence-electron chi connectivity index (χ3n) is 4.31. The highest BCUT2D eigenvalue weighted by Gasteiger charge is 2.32. The summed E-state index contributed by atoms with van der Waals surface area (Å²) in [7, 11) is -3.59. The summed E-state index contributed by atoms with van der Waals surface area (Å²) in [5.74, 6) is -0.355. The standard InChI is InChI=1S/C19H22N2O4S/c1-12(2)21-26(24,25)15-9-7-13(8-10-15)19(23)20-18-16-6-4-3-5-14(16)11-17(18)22/h3-10,12,17-18,21-22H,11H2,1-2H3,(H,20,23). The van der Waals surface area contributed by atoms with Crippen LogP contribution in [0.2, 0.25) is 0 Å². The Morgan fingerprint density at radius 3 is 2.42 bits per heavy atom. The number of carbonyl (C=O) groups excluding carboxylic acids is 1. The molecule has 3 rings (SSSR count). The number of benzene rings is 2. The van der Waals surface area contributed by atoms with Crippen LogP contribution in [0.3, 0.4) is 0 Å². The first-order valence-corrected chi connectivity index (χ1v) is 9.95. The fourth-order valence-corrected chi connectivity index (χ4v) is 4.39. The zero-order valence-corrected chi connectivity index (χ0v) is 15.5. The van der Waals surface area contributed by atoms with Gasteiger partial charge in [0.2, 0.25) is 10.0 Å². The molecule has 0 spiro atoms. The van der Waals surface area contributed by atoms with Crippen LogP contribution in [0.15, 0.2) is 53.4 Å². The van der Waals surface area contributed by atoms with Gasteiger partial charge in [-0.15, -0.1) is 0 Å². The minimum absolute atomic E-state index is 0.106. The van der Waals surface area contributed by atoms with E-state index in [1.165, 1.54) is 24.3 Å². The smallest absolute Gasteiger partial charge is 0.251 e. The molecule has 0 heterocycles. The number of hydrogen-bond acceptors (Lipinski definition) is 4. The maximum absolute atomic E-state index is 12.5. The molecule has 1 aliphatic carbocycles. The summed E-state index contributed by atoms with van der Waals surface area (Å²) in [5, 5.41) is 13.1. The molecule has 0 aliphatic heterocycles. The number of hydrogen-bond donors (Lipinski definition) is 3. The van der Waals surface area contributed by atoms with E-state index in [1.807, 2.05) is 24.3 Å². The van der Waals surface area contributed by atoms with Crippen LogP contribution in [0.4, 0.5) is 0 Å². The molecule has 2 atom stereocenters. The molecule has 0 bridgehead atoms. The monoisotopic (exact) mass is 374 g/mol. The van der Waals surface area contributed by atoms with E-state index in [0.717, 1.165) is 11.1 Å². The van der Waals surface area contributed by atoms with Crippen molar-refractivity contribution in [3.63, 3.8) is 0 Å². The molecule has 1 amide bonds. The van der Waals surface area contributed by atoms with Crippen LogP contribution >= 0.6 is 0 Å². The van der Waals surface area contributed by atoms with Crippen LogP contribution in [-0.2, 0) is 16.4 Å². The van der Waals surface area contributed by atoms with E-state index in [1.54, 1.807) is 13.8 Å². The average molecular weight is 374 g/mol. The van der Waals surface area contributed by atoms with E-state index in [9.17, 15) is 18.3 Å². The van der Waals surface area contributed by atoms with Crippen LogP contribution in [-0.4, -0.2) is 31.6 Å². The van der Waals surface area contributed by atoms with Crippen molar-refractivity contribution < 1.29 is 18.3 Å². The molecule has 6 nitrogen and oxygen atoms in total. The van der Waals surface area contributed by atoms with Gasteiger partial charge in [0.25, 0.3) is 5.91 Å². The van der Waals surface area contributed by atoms with Gasteiger partial charge in [0.05, 0.1) is 17.0 Å². The van der Waals surface area contributed by atoms with Crippen molar-refractivity contribution in [1.82, 2.24) is 10.0 Å². The summed E-state index contributed by atoms with van der Waals surface area (Å²) in [6.07, 6.45) is -0.176. The van der Waals surface area contributed by atoms with Crippen LogP contribution in [0.1, 0.15) is 41.4 Å². The minimum atomic E-state index is -3.59. The van der Waals surface area contributed by atoms with Crippen molar-refractivity contribution in [2.45, 2.75) is 43.4 Å². The van der Waals surface area contributed by atoms with Crippen LogP contribution in [0, 0.1) is 0 Å². The average Bonchev–Trinajstić information content (AvgIpc) is 2.89. The molecule has 2 unspecified atom stereocenters. The molecule has 2 aromatic carbocycles. The quantitative estimate of drug-likeness (QED) is 0.743. The van der Waals surface area contributed by atoms with Crippen LogP contribution in [0.25, 0.3) is 0 Å². The number of nitrogens with one attached hydrogen (secondary N) is 2. The van der Waals surface area contributed by atoms with Crippen molar-refractivity contribution in [2.24, 2.45) is 0 Å². The van der Waals surface area contributed by atoms with Gasteiger partial charge in [0.1, 0.15) is 0 Å². The van der Waals surface area contributed by atoms with Crippen molar-refractivity contribution in [3.8, 4) is 0 Å². The predicted octanol–water partition coefficient (Wildman–Crippen LogP) is 1.76. The SMILES string of the molecule is CC(C)NS(=O)(=O)c1ccc(C(=O)NC2c3ccccc3CC2O)cc1. The van der Waals surface area contributed by atoms with Gasteiger partial charge in [0.15, 0.2) is 0 Å². The fourth-order valence-electron chi connectivity index (χ4n) is 3.14. The largest absolute Gasteiger partial charge is 0.390 e. The van der Waals surface area contributed by atoms with E-state index in [2.05, 4.69) is 10.0 Å². The summed E-state index contributed by atoms with van der Waals surface area (Å²) < 4.78 is 26.8. The summed E-state index contributed by atoms with van der Waals surface area (Å²) in [4.78, 5) is 12.6. The number of carbonyl (C=O) groups is 1. The Bertz CT molecular complexity index is 907. The predicted molar refractivity (Wildman–Crippen MR) is 98.3 cm³/mol. The fraction of sp³-hybridized carbons (Fsp3) is 0.316. The third-order valence-corrected chi connectivity index (χ3v) is 5.98. The highest BCUT2D eigenvalue weighted by Crippen LogP contribution is 2.31. The number of rotatable bonds is 5. The Hall–Kier alpha value is -2.22. The maximum Gasteiger partial charge on any atom is 0.251 e. The lowest BCUT2D eigenvalue weighted by Gasteiger charge is -2.18. The highest BCUT2D eigenvalue weighted by molar-refractivity contribution is 7.89. The lowest BCUT2D eigenvalue weighted by atomic mass is 10.1. The number of aliphatic hydroxyl groups excluding tert-OH is 1. The minimum Gasteiger partial charge on any atom is -0.390 e. The molecular formula is C19H22N2O4S. The molecule has 1 aliphatic rings. The van der Waals surface area contributed by atoms with Gasteiger partial charge in [-0.1, -0.05) is 24.3 Å². The van der Waals surface area contributed by atoms with Gasteiger partial charge in [0, 0.05) is 18.0 Å². The summed E-state index contributed by atoms with van der Waals surface area (Å²) in [5.41, 5.74) is 2.27. The zero-order chi connectivity index (χ0) is 18.9. The summed E-state index contributed by atoms with van der Waals surface area (Å²) >= 11 is 0. The number of sulfonamides is 1. The van der Waals surface area contributed by atoms with Crippen molar-refractivity contribution in [3.05, 3.63) is 65.2 Å². The number of amides is 1. The van der Waals surface area contributed by atoms with E-state index < -0.39 is 22.2 Å². The molecule has 0 saturated carbocycles.